The second-order valence-electron chi connectivity index (χ2n) is 5.35. The number of aliphatic hydroxyl groups is 3. The van der Waals surface area contributed by atoms with Gasteiger partial charge in [-0.3, -0.25) is 0 Å². The van der Waals surface area contributed by atoms with Crippen molar-refractivity contribution in [3.63, 3.8) is 0 Å². The molecule has 0 aromatic heterocycles. The fraction of sp³-hybridized carbons (Fsp3) is 1.00. The van der Waals surface area contributed by atoms with Gasteiger partial charge in [-0.05, 0) is 6.42 Å². The van der Waals surface area contributed by atoms with Crippen LogP contribution < -0.4 is 0 Å². The third kappa shape index (κ3) is 5.00. The zero-order valence-corrected chi connectivity index (χ0v) is 12.0. The van der Waals surface area contributed by atoms with Gasteiger partial charge in [0, 0.05) is 12.5 Å². The number of unbranched alkanes of at least 4 members (excludes halogenated alkanes) is 4. The Labute approximate surface area is 115 Å². The minimum absolute atomic E-state index is 0.298. The minimum Gasteiger partial charge on any atom is -0.394 e. The van der Waals surface area contributed by atoms with E-state index in [1.165, 1.54) is 19.3 Å². The Morgan fingerprint density at radius 3 is 2.37 bits per heavy atom. The highest BCUT2D eigenvalue weighted by atomic mass is 16.7. The minimum atomic E-state index is -1.05. The number of hydrogen-bond donors (Lipinski definition) is 3. The lowest BCUT2D eigenvalue weighted by Crippen LogP contribution is -2.55. The van der Waals surface area contributed by atoms with Crippen LogP contribution in [0.5, 0.6) is 0 Å². The molecule has 1 aliphatic rings. The van der Waals surface area contributed by atoms with Crippen LogP contribution in [0.4, 0.5) is 0 Å². The Balaban J connectivity index is 2.28. The molecule has 0 aliphatic carbocycles. The van der Waals surface area contributed by atoms with E-state index in [4.69, 9.17) is 14.6 Å². The number of hydrogen-bond acceptors (Lipinski definition) is 5. The van der Waals surface area contributed by atoms with Crippen molar-refractivity contribution in [2.24, 2.45) is 5.92 Å². The number of rotatable bonds is 8. The van der Waals surface area contributed by atoms with E-state index in [9.17, 15) is 10.2 Å². The Hall–Kier alpha value is -0.200. The average molecular weight is 276 g/mol. The molecule has 5 unspecified atom stereocenters. The lowest BCUT2D eigenvalue weighted by molar-refractivity contribution is -0.282. The van der Waals surface area contributed by atoms with Crippen molar-refractivity contribution in [1.82, 2.24) is 0 Å². The van der Waals surface area contributed by atoms with Gasteiger partial charge in [0.05, 0.1) is 12.7 Å². The van der Waals surface area contributed by atoms with Crippen LogP contribution in [0.25, 0.3) is 0 Å². The molecule has 5 heteroatoms. The molecule has 1 rings (SSSR count). The monoisotopic (exact) mass is 276 g/mol. The molecule has 0 radical (unpaired) electrons. The summed E-state index contributed by atoms with van der Waals surface area (Å²) < 4.78 is 11.1. The first kappa shape index (κ1) is 16.9. The summed E-state index contributed by atoms with van der Waals surface area (Å²) in [6, 6.07) is 0. The van der Waals surface area contributed by atoms with Crippen molar-refractivity contribution >= 4 is 0 Å². The quantitative estimate of drug-likeness (QED) is 0.577. The summed E-state index contributed by atoms with van der Waals surface area (Å²) in [5, 5.41) is 28.7. The summed E-state index contributed by atoms with van der Waals surface area (Å²) in [6.45, 7) is 4.22. The zero-order valence-electron chi connectivity index (χ0n) is 12.0. The lowest BCUT2D eigenvalue weighted by atomic mass is 9.92. The van der Waals surface area contributed by atoms with Crippen LogP contribution in [0.15, 0.2) is 0 Å². The second-order valence-corrected chi connectivity index (χ2v) is 5.35. The molecule has 0 spiro atoms. The van der Waals surface area contributed by atoms with E-state index in [0.717, 1.165) is 12.8 Å². The summed E-state index contributed by atoms with van der Waals surface area (Å²) >= 11 is 0. The maximum atomic E-state index is 9.87. The van der Waals surface area contributed by atoms with Crippen molar-refractivity contribution < 1.29 is 24.8 Å². The molecule has 114 valence electrons. The van der Waals surface area contributed by atoms with Crippen LogP contribution in [0.3, 0.4) is 0 Å². The summed E-state index contributed by atoms with van der Waals surface area (Å²) in [5.74, 6) is -0.298. The van der Waals surface area contributed by atoms with Gasteiger partial charge < -0.3 is 24.8 Å². The van der Waals surface area contributed by atoms with E-state index >= 15 is 0 Å². The SMILES string of the molecule is CCCCCCCOC1OC(CO)C(O)C(O)C1C. The van der Waals surface area contributed by atoms with Crippen molar-refractivity contribution in [1.29, 1.82) is 0 Å². The molecule has 0 bridgehead atoms. The summed E-state index contributed by atoms with van der Waals surface area (Å²) in [7, 11) is 0. The topological polar surface area (TPSA) is 79.2 Å². The summed E-state index contributed by atoms with van der Waals surface area (Å²) in [4.78, 5) is 0. The van der Waals surface area contributed by atoms with Crippen LogP contribution in [-0.2, 0) is 9.47 Å². The maximum Gasteiger partial charge on any atom is 0.163 e. The van der Waals surface area contributed by atoms with Gasteiger partial charge in [-0.25, -0.2) is 0 Å². The number of aliphatic hydroxyl groups excluding tert-OH is 3. The zero-order chi connectivity index (χ0) is 14.3. The molecule has 19 heavy (non-hydrogen) atoms. The third-order valence-electron chi connectivity index (χ3n) is 3.72. The van der Waals surface area contributed by atoms with Crippen LogP contribution in [-0.4, -0.2) is 53.1 Å². The molecular formula is C14H28O5. The molecule has 5 nitrogen and oxygen atoms in total. The first-order valence-electron chi connectivity index (χ1n) is 7.35. The molecule has 0 aromatic carbocycles. The van der Waals surface area contributed by atoms with Gasteiger partial charge in [-0.1, -0.05) is 39.5 Å². The predicted octanol–water partition coefficient (Wildman–Crippen LogP) is 1.05. The van der Waals surface area contributed by atoms with E-state index in [-0.39, 0.29) is 12.5 Å². The lowest BCUT2D eigenvalue weighted by Gasteiger charge is -2.40. The molecule has 1 fully saturated rings. The van der Waals surface area contributed by atoms with Gasteiger partial charge in [0.1, 0.15) is 12.2 Å². The molecule has 1 saturated heterocycles. The highest BCUT2D eigenvalue weighted by Gasteiger charge is 2.42. The average Bonchev–Trinajstić information content (AvgIpc) is 2.42. The second kappa shape index (κ2) is 8.87. The smallest absolute Gasteiger partial charge is 0.163 e. The molecule has 0 aromatic rings. The Kier molecular flexibility index (Phi) is 7.87. The Morgan fingerprint density at radius 1 is 1.05 bits per heavy atom. The van der Waals surface area contributed by atoms with Crippen LogP contribution in [0.1, 0.15) is 46.0 Å². The highest BCUT2D eigenvalue weighted by molar-refractivity contribution is 4.86. The molecule has 5 atom stereocenters. The van der Waals surface area contributed by atoms with Crippen molar-refractivity contribution in [3.05, 3.63) is 0 Å². The van der Waals surface area contributed by atoms with Gasteiger partial charge in [-0.15, -0.1) is 0 Å². The molecule has 0 amide bonds. The number of ether oxygens (including phenoxy) is 2. The maximum absolute atomic E-state index is 9.87. The van der Waals surface area contributed by atoms with Gasteiger partial charge in [-0.2, -0.15) is 0 Å². The highest BCUT2D eigenvalue weighted by Crippen LogP contribution is 2.26. The van der Waals surface area contributed by atoms with Gasteiger partial charge >= 0.3 is 0 Å². The van der Waals surface area contributed by atoms with E-state index < -0.39 is 24.6 Å². The van der Waals surface area contributed by atoms with Gasteiger partial charge in [0.25, 0.3) is 0 Å². The largest absolute Gasteiger partial charge is 0.394 e. The third-order valence-corrected chi connectivity index (χ3v) is 3.72. The Bertz CT molecular complexity index is 234. The van der Waals surface area contributed by atoms with Crippen molar-refractivity contribution in [3.8, 4) is 0 Å². The summed E-state index contributed by atoms with van der Waals surface area (Å²) in [6.07, 6.45) is 2.47. The van der Waals surface area contributed by atoms with E-state index in [1.807, 2.05) is 0 Å². The first-order valence-corrected chi connectivity index (χ1v) is 7.35. The van der Waals surface area contributed by atoms with Gasteiger partial charge in [0.2, 0.25) is 0 Å². The predicted molar refractivity (Wildman–Crippen MR) is 71.6 cm³/mol. The fourth-order valence-electron chi connectivity index (χ4n) is 2.32. The van der Waals surface area contributed by atoms with E-state index in [2.05, 4.69) is 6.92 Å². The standard InChI is InChI=1S/C14H28O5/c1-3-4-5-6-7-8-18-14-10(2)12(16)13(17)11(9-15)19-14/h10-17H,3-9H2,1-2H3. The summed E-state index contributed by atoms with van der Waals surface area (Å²) in [5.41, 5.74) is 0. The molecule has 3 N–H and O–H groups in total. The van der Waals surface area contributed by atoms with E-state index in [0.29, 0.717) is 6.61 Å². The van der Waals surface area contributed by atoms with Crippen molar-refractivity contribution in [2.75, 3.05) is 13.2 Å². The van der Waals surface area contributed by atoms with E-state index in [1.54, 1.807) is 6.92 Å². The molecule has 1 aliphatic heterocycles. The molecule has 1 heterocycles. The normalized spacial score (nSPS) is 35.5. The van der Waals surface area contributed by atoms with Crippen LogP contribution in [0, 0.1) is 5.92 Å². The van der Waals surface area contributed by atoms with Crippen LogP contribution >= 0.6 is 0 Å². The molecule has 0 saturated carbocycles. The van der Waals surface area contributed by atoms with Crippen LogP contribution in [0.2, 0.25) is 0 Å². The van der Waals surface area contributed by atoms with Crippen molar-refractivity contribution in [2.45, 2.75) is 70.6 Å². The molecular weight excluding hydrogens is 248 g/mol. The Morgan fingerprint density at radius 2 is 1.74 bits per heavy atom. The van der Waals surface area contributed by atoms with Gasteiger partial charge in [0.15, 0.2) is 6.29 Å². The fourth-order valence-corrected chi connectivity index (χ4v) is 2.32. The first-order chi connectivity index (χ1) is 9.11.